The Morgan fingerprint density at radius 1 is 1.09 bits per heavy atom. The largest absolute Gasteiger partial charge is 0.351 e. The molecule has 0 aliphatic heterocycles. The molecule has 0 atom stereocenters. The van der Waals surface area contributed by atoms with Gasteiger partial charge in [-0.2, -0.15) is 15.0 Å². The lowest BCUT2D eigenvalue weighted by Gasteiger charge is -2.23. The van der Waals surface area contributed by atoms with E-state index in [1.807, 2.05) is 7.05 Å². The van der Waals surface area contributed by atoms with Gasteiger partial charge in [-0.1, -0.05) is 45.4 Å². The molecule has 2 rings (SSSR count). The molecule has 0 bridgehead atoms. The van der Waals surface area contributed by atoms with E-state index in [4.69, 9.17) is 11.6 Å². The minimum absolute atomic E-state index is 0.267. The summed E-state index contributed by atoms with van der Waals surface area (Å²) in [5.41, 5.74) is 0. The number of hydrogen-bond donors (Lipinski definition) is 1. The van der Waals surface area contributed by atoms with E-state index >= 15 is 0 Å². The minimum Gasteiger partial charge on any atom is -0.351 e. The van der Waals surface area contributed by atoms with Crippen molar-refractivity contribution in [3.05, 3.63) is 5.28 Å². The standard InChI is InChI=1S/C16H28ClN5/c1-3-4-5-9-12-22(2)16-20-14(17)19-15(21-16)18-13-10-7-6-8-11-13/h13H,3-12H2,1-2H3,(H,18,19,20,21). The Kier molecular flexibility index (Phi) is 7.16. The van der Waals surface area contributed by atoms with Crippen LogP contribution in [0, 0.1) is 0 Å². The van der Waals surface area contributed by atoms with Gasteiger partial charge in [-0.3, -0.25) is 0 Å². The fraction of sp³-hybridized carbons (Fsp3) is 0.812. The lowest BCUT2D eigenvalue weighted by molar-refractivity contribution is 0.460. The number of rotatable bonds is 8. The summed E-state index contributed by atoms with van der Waals surface area (Å²) in [6.45, 7) is 3.17. The van der Waals surface area contributed by atoms with Crippen molar-refractivity contribution >= 4 is 23.5 Å². The van der Waals surface area contributed by atoms with Crippen molar-refractivity contribution in [1.29, 1.82) is 0 Å². The van der Waals surface area contributed by atoms with E-state index in [2.05, 4.69) is 32.1 Å². The minimum atomic E-state index is 0.267. The van der Waals surface area contributed by atoms with Crippen LogP contribution in [0.15, 0.2) is 0 Å². The summed E-state index contributed by atoms with van der Waals surface area (Å²) in [4.78, 5) is 15.1. The summed E-state index contributed by atoms with van der Waals surface area (Å²) in [7, 11) is 2.02. The van der Waals surface area contributed by atoms with Gasteiger partial charge in [0.2, 0.25) is 17.2 Å². The van der Waals surface area contributed by atoms with Crippen molar-refractivity contribution in [2.24, 2.45) is 0 Å². The number of unbranched alkanes of at least 4 members (excludes halogenated alkanes) is 3. The van der Waals surface area contributed by atoms with Crippen molar-refractivity contribution in [2.75, 3.05) is 23.8 Å². The number of anilines is 2. The molecular weight excluding hydrogens is 298 g/mol. The Morgan fingerprint density at radius 2 is 1.86 bits per heavy atom. The maximum Gasteiger partial charge on any atom is 0.231 e. The van der Waals surface area contributed by atoms with Crippen molar-refractivity contribution in [3.63, 3.8) is 0 Å². The monoisotopic (exact) mass is 325 g/mol. The Labute approximate surface area is 138 Å². The summed E-state index contributed by atoms with van der Waals surface area (Å²) in [5.74, 6) is 1.28. The third-order valence-electron chi connectivity index (χ3n) is 4.22. The predicted molar refractivity (Wildman–Crippen MR) is 92.7 cm³/mol. The van der Waals surface area contributed by atoms with Gasteiger partial charge in [0, 0.05) is 19.6 Å². The highest BCUT2D eigenvalue weighted by atomic mass is 35.5. The van der Waals surface area contributed by atoms with Gasteiger partial charge in [0.15, 0.2) is 0 Å². The van der Waals surface area contributed by atoms with Crippen LogP contribution in [0.25, 0.3) is 0 Å². The van der Waals surface area contributed by atoms with Crippen LogP contribution in [-0.2, 0) is 0 Å². The zero-order valence-electron chi connectivity index (χ0n) is 13.8. The van der Waals surface area contributed by atoms with Crippen LogP contribution in [0.2, 0.25) is 5.28 Å². The van der Waals surface area contributed by atoms with Gasteiger partial charge in [0.1, 0.15) is 0 Å². The SMILES string of the molecule is CCCCCCN(C)c1nc(Cl)nc(NC2CCCCC2)n1. The van der Waals surface area contributed by atoms with Crippen molar-refractivity contribution < 1.29 is 0 Å². The molecule has 1 aromatic heterocycles. The van der Waals surface area contributed by atoms with Crippen LogP contribution in [-0.4, -0.2) is 34.6 Å². The number of aromatic nitrogens is 3. The number of halogens is 1. The average molecular weight is 326 g/mol. The lowest BCUT2D eigenvalue weighted by Crippen LogP contribution is -2.26. The maximum atomic E-state index is 6.07. The van der Waals surface area contributed by atoms with Gasteiger partial charge in [0.25, 0.3) is 0 Å². The van der Waals surface area contributed by atoms with Crippen LogP contribution in [0.3, 0.4) is 0 Å². The second-order valence-corrected chi connectivity index (χ2v) is 6.53. The molecule has 1 aromatic rings. The van der Waals surface area contributed by atoms with Gasteiger partial charge in [0.05, 0.1) is 0 Å². The summed E-state index contributed by atoms with van der Waals surface area (Å²) in [5, 5.41) is 3.69. The molecular formula is C16H28ClN5. The van der Waals surface area contributed by atoms with E-state index in [0.717, 1.165) is 13.0 Å². The van der Waals surface area contributed by atoms with E-state index in [1.54, 1.807) is 0 Å². The van der Waals surface area contributed by atoms with E-state index in [-0.39, 0.29) is 5.28 Å². The van der Waals surface area contributed by atoms with Crippen LogP contribution >= 0.6 is 11.6 Å². The second kappa shape index (κ2) is 9.13. The molecule has 0 radical (unpaired) electrons. The highest BCUT2D eigenvalue weighted by Crippen LogP contribution is 2.21. The molecule has 5 nitrogen and oxygen atoms in total. The van der Waals surface area contributed by atoms with E-state index in [9.17, 15) is 0 Å². The molecule has 1 saturated carbocycles. The normalized spacial score (nSPS) is 15.8. The maximum absolute atomic E-state index is 6.07. The summed E-state index contributed by atoms with van der Waals surface area (Å²) in [6, 6.07) is 0.468. The first kappa shape index (κ1) is 17.3. The molecule has 0 unspecified atom stereocenters. The first-order valence-corrected chi connectivity index (χ1v) is 8.96. The first-order chi connectivity index (χ1) is 10.7. The molecule has 0 amide bonds. The molecule has 1 heterocycles. The molecule has 0 saturated heterocycles. The van der Waals surface area contributed by atoms with Crippen molar-refractivity contribution in [1.82, 2.24) is 15.0 Å². The quantitative estimate of drug-likeness (QED) is 0.723. The molecule has 1 aliphatic carbocycles. The van der Waals surface area contributed by atoms with E-state index < -0.39 is 0 Å². The molecule has 1 aliphatic rings. The number of nitrogens with zero attached hydrogens (tertiary/aromatic N) is 4. The van der Waals surface area contributed by atoms with Crippen LogP contribution in [0.4, 0.5) is 11.9 Å². The molecule has 0 spiro atoms. The Balaban J connectivity index is 1.93. The fourth-order valence-electron chi connectivity index (χ4n) is 2.88. The van der Waals surface area contributed by atoms with Crippen molar-refractivity contribution in [2.45, 2.75) is 70.8 Å². The van der Waals surface area contributed by atoms with Gasteiger partial charge in [-0.05, 0) is 30.9 Å². The second-order valence-electron chi connectivity index (χ2n) is 6.19. The van der Waals surface area contributed by atoms with Gasteiger partial charge >= 0.3 is 0 Å². The molecule has 6 heteroatoms. The topological polar surface area (TPSA) is 53.9 Å². The molecule has 0 aromatic carbocycles. The number of hydrogen-bond acceptors (Lipinski definition) is 5. The van der Waals surface area contributed by atoms with Crippen LogP contribution in [0.5, 0.6) is 0 Å². The van der Waals surface area contributed by atoms with E-state index in [1.165, 1.54) is 51.4 Å². The van der Waals surface area contributed by atoms with E-state index in [0.29, 0.717) is 17.9 Å². The Hall–Kier alpha value is -1.10. The van der Waals surface area contributed by atoms with Gasteiger partial charge in [-0.15, -0.1) is 0 Å². The van der Waals surface area contributed by atoms with Gasteiger partial charge < -0.3 is 10.2 Å². The highest BCUT2D eigenvalue weighted by molar-refractivity contribution is 6.28. The summed E-state index contributed by atoms with van der Waals surface area (Å²) < 4.78 is 0. The van der Waals surface area contributed by atoms with Crippen molar-refractivity contribution in [3.8, 4) is 0 Å². The van der Waals surface area contributed by atoms with Crippen LogP contribution < -0.4 is 10.2 Å². The number of nitrogens with one attached hydrogen (secondary N) is 1. The molecule has 1 N–H and O–H groups in total. The zero-order valence-corrected chi connectivity index (χ0v) is 14.6. The third-order valence-corrected chi connectivity index (χ3v) is 4.39. The fourth-order valence-corrected chi connectivity index (χ4v) is 3.04. The zero-order chi connectivity index (χ0) is 15.8. The molecule has 22 heavy (non-hydrogen) atoms. The summed E-state index contributed by atoms with van der Waals surface area (Å²) in [6.07, 6.45) is 11.2. The highest BCUT2D eigenvalue weighted by Gasteiger charge is 2.16. The Bertz CT molecular complexity index is 448. The molecule has 1 fully saturated rings. The Morgan fingerprint density at radius 3 is 2.59 bits per heavy atom. The third kappa shape index (κ3) is 5.59. The molecule has 124 valence electrons. The lowest BCUT2D eigenvalue weighted by atomic mass is 9.96. The first-order valence-electron chi connectivity index (χ1n) is 8.58. The van der Waals surface area contributed by atoms with Crippen LogP contribution in [0.1, 0.15) is 64.7 Å². The average Bonchev–Trinajstić information content (AvgIpc) is 2.52. The summed E-state index contributed by atoms with van der Waals surface area (Å²) >= 11 is 6.07. The van der Waals surface area contributed by atoms with Gasteiger partial charge in [-0.25, -0.2) is 0 Å². The smallest absolute Gasteiger partial charge is 0.231 e. The predicted octanol–water partition coefficient (Wildman–Crippen LogP) is 4.29.